The Balaban J connectivity index is 2.18. The first kappa shape index (κ1) is 14.3. The summed E-state index contributed by atoms with van der Waals surface area (Å²) in [5.74, 6) is -2.42. The van der Waals surface area contributed by atoms with Gasteiger partial charge in [0.2, 0.25) is 0 Å². The van der Waals surface area contributed by atoms with Gasteiger partial charge in [0.05, 0.1) is 0 Å². The van der Waals surface area contributed by atoms with Crippen LogP contribution in [0, 0.1) is 23.4 Å². The average Bonchev–Trinajstić information content (AvgIpc) is 2.36. The van der Waals surface area contributed by atoms with Crippen LogP contribution in [0.4, 0.5) is 13.2 Å². The van der Waals surface area contributed by atoms with Crippen molar-refractivity contribution >= 4 is 0 Å². The molecule has 0 bridgehead atoms. The van der Waals surface area contributed by atoms with Gasteiger partial charge in [-0.25, -0.2) is 13.2 Å². The van der Waals surface area contributed by atoms with E-state index < -0.39 is 17.5 Å². The van der Waals surface area contributed by atoms with E-state index in [0.29, 0.717) is 18.5 Å². The molecule has 0 aliphatic carbocycles. The topological polar surface area (TPSA) is 29.3 Å². The van der Waals surface area contributed by atoms with Crippen molar-refractivity contribution in [2.75, 3.05) is 13.1 Å². The van der Waals surface area contributed by atoms with Gasteiger partial charge in [0, 0.05) is 30.8 Å². The van der Waals surface area contributed by atoms with Crippen molar-refractivity contribution in [2.24, 2.45) is 11.7 Å². The lowest BCUT2D eigenvalue weighted by atomic mass is 9.90. The van der Waals surface area contributed by atoms with Crippen molar-refractivity contribution in [3.8, 4) is 0 Å². The monoisotopic (exact) mass is 272 g/mol. The zero-order valence-corrected chi connectivity index (χ0v) is 11.0. The number of rotatable bonds is 3. The summed E-state index contributed by atoms with van der Waals surface area (Å²) < 4.78 is 39.7. The van der Waals surface area contributed by atoms with Gasteiger partial charge in [-0.3, -0.25) is 4.90 Å². The molecule has 2 rings (SSSR count). The second-order valence-electron chi connectivity index (χ2n) is 5.25. The molecule has 2 atom stereocenters. The van der Waals surface area contributed by atoms with E-state index in [9.17, 15) is 13.2 Å². The van der Waals surface area contributed by atoms with Crippen LogP contribution in [0.15, 0.2) is 12.1 Å². The van der Waals surface area contributed by atoms with E-state index in [2.05, 4.69) is 11.8 Å². The number of likely N-dealkylation sites (tertiary alicyclic amines) is 1. The van der Waals surface area contributed by atoms with Crippen molar-refractivity contribution in [3.05, 3.63) is 35.1 Å². The fourth-order valence-electron chi connectivity index (χ4n) is 2.82. The molecule has 1 aromatic rings. The average molecular weight is 272 g/mol. The summed E-state index contributed by atoms with van der Waals surface area (Å²) in [6, 6.07) is 1.72. The van der Waals surface area contributed by atoms with Crippen LogP contribution in [0.1, 0.15) is 25.3 Å². The van der Waals surface area contributed by atoms with Crippen LogP contribution in [-0.2, 0) is 6.54 Å². The van der Waals surface area contributed by atoms with Gasteiger partial charge in [-0.2, -0.15) is 0 Å². The molecular weight excluding hydrogens is 253 g/mol. The van der Waals surface area contributed by atoms with Crippen LogP contribution in [0.5, 0.6) is 0 Å². The van der Waals surface area contributed by atoms with E-state index >= 15 is 0 Å². The van der Waals surface area contributed by atoms with Gasteiger partial charge < -0.3 is 5.73 Å². The fourth-order valence-corrected chi connectivity index (χ4v) is 2.82. The molecule has 0 aromatic heterocycles. The Bertz CT molecular complexity index is 451. The normalized spacial score (nSPS) is 24.7. The molecule has 2 unspecified atom stereocenters. The number of nitrogens with two attached hydrogens (primary N) is 1. The molecular formula is C14H19F3N2. The molecule has 2 N–H and O–H groups in total. The van der Waals surface area contributed by atoms with Crippen LogP contribution in [0.3, 0.4) is 0 Å². The molecule has 1 fully saturated rings. The number of hydrogen-bond donors (Lipinski definition) is 1. The van der Waals surface area contributed by atoms with Gasteiger partial charge >= 0.3 is 0 Å². The summed E-state index contributed by atoms with van der Waals surface area (Å²) >= 11 is 0. The van der Waals surface area contributed by atoms with E-state index in [4.69, 9.17) is 5.73 Å². The predicted octanol–water partition coefficient (Wildman–Crippen LogP) is 2.66. The predicted molar refractivity (Wildman–Crippen MR) is 68.0 cm³/mol. The molecule has 1 aliphatic heterocycles. The Morgan fingerprint density at radius 1 is 1.21 bits per heavy atom. The molecule has 19 heavy (non-hydrogen) atoms. The number of benzene rings is 1. The summed E-state index contributed by atoms with van der Waals surface area (Å²) in [5.41, 5.74) is 5.95. The van der Waals surface area contributed by atoms with E-state index in [0.717, 1.165) is 25.5 Å². The Kier molecular flexibility index (Phi) is 4.47. The highest BCUT2D eigenvalue weighted by Gasteiger charge is 2.28. The lowest BCUT2D eigenvalue weighted by molar-refractivity contribution is 0.0977. The van der Waals surface area contributed by atoms with Crippen LogP contribution in [-0.4, -0.2) is 24.0 Å². The second-order valence-corrected chi connectivity index (χ2v) is 5.25. The van der Waals surface area contributed by atoms with E-state index in [1.54, 1.807) is 0 Å². The third-order valence-corrected chi connectivity index (χ3v) is 3.93. The van der Waals surface area contributed by atoms with Crippen molar-refractivity contribution in [1.82, 2.24) is 4.90 Å². The minimum atomic E-state index is -1.15. The largest absolute Gasteiger partial charge is 0.329 e. The van der Waals surface area contributed by atoms with Gasteiger partial charge in [0.1, 0.15) is 5.82 Å². The highest BCUT2D eigenvalue weighted by atomic mass is 19.2. The van der Waals surface area contributed by atoms with Crippen LogP contribution in [0.25, 0.3) is 0 Å². The third-order valence-electron chi connectivity index (χ3n) is 3.93. The SMILES string of the molecule is CC1CCCN(Cc2cc(F)c(F)cc2F)C1CN. The van der Waals surface area contributed by atoms with E-state index in [1.165, 1.54) is 0 Å². The molecule has 0 saturated carbocycles. The molecule has 106 valence electrons. The van der Waals surface area contributed by atoms with Crippen molar-refractivity contribution in [1.29, 1.82) is 0 Å². The minimum Gasteiger partial charge on any atom is -0.329 e. The van der Waals surface area contributed by atoms with E-state index in [1.807, 2.05) is 0 Å². The summed E-state index contributed by atoms with van der Waals surface area (Å²) in [6.07, 6.45) is 2.11. The lowest BCUT2D eigenvalue weighted by Gasteiger charge is -2.39. The fraction of sp³-hybridized carbons (Fsp3) is 0.571. The van der Waals surface area contributed by atoms with Gasteiger partial charge in [-0.05, 0) is 31.4 Å². The van der Waals surface area contributed by atoms with Gasteiger partial charge in [-0.1, -0.05) is 6.92 Å². The van der Waals surface area contributed by atoms with Crippen LogP contribution in [0.2, 0.25) is 0 Å². The maximum Gasteiger partial charge on any atom is 0.161 e. The van der Waals surface area contributed by atoms with Gasteiger partial charge in [0.25, 0.3) is 0 Å². The maximum absolute atomic E-state index is 13.6. The first-order chi connectivity index (χ1) is 9.02. The summed E-state index contributed by atoms with van der Waals surface area (Å²) in [5, 5.41) is 0. The summed E-state index contributed by atoms with van der Waals surface area (Å²) in [4.78, 5) is 2.06. The number of piperidine rings is 1. The highest BCUT2D eigenvalue weighted by molar-refractivity contribution is 5.20. The quantitative estimate of drug-likeness (QED) is 0.857. The van der Waals surface area contributed by atoms with Gasteiger partial charge in [-0.15, -0.1) is 0 Å². The molecule has 0 amide bonds. The molecule has 1 heterocycles. The summed E-state index contributed by atoms with van der Waals surface area (Å²) in [6.45, 7) is 3.69. The smallest absolute Gasteiger partial charge is 0.161 e. The number of nitrogens with zero attached hydrogens (tertiary/aromatic N) is 1. The Morgan fingerprint density at radius 2 is 1.89 bits per heavy atom. The molecule has 1 saturated heterocycles. The lowest BCUT2D eigenvalue weighted by Crippen LogP contribution is -2.48. The Hall–Kier alpha value is -1.07. The first-order valence-corrected chi connectivity index (χ1v) is 6.60. The number of hydrogen-bond acceptors (Lipinski definition) is 2. The zero-order valence-electron chi connectivity index (χ0n) is 11.0. The third kappa shape index (κ3) is 3.09. The van der Waals surface area contributed by atoms with Crippen LogP contribution < -0.4 is 5.73 Å². The van der Waals surface area contributed by atoms with Crippen molar-refractivity contribution in [2.45, 2.75) is 32.4 Å². The Morgan fingerprint density at radius 3 is 2.58 bits per heavy atom. The zero-order chi connectivity index (χ0) is 14.0. The van der Waals surface area contributed by atoms with Gasteiger partial charge in [0.15, 0.2) is 11.6 Å². The molecule has 2 nitrogen and oxygen atoms in total. The molecule has 1 aliphatic rings. The standard InChI is InChI=1S/C14H19F3N2/c1-9-3-2-4-19(14(9)7-18)8-10-5-12(16)13(17)6-11(10)15/h5-6,9,14H,2-4,7-8,18H2,1H3. The van der Waals surface area contributed by atoms with Crippen molar-refractivity contribution in [3.63, 3.8) is 0 Å². The molecule has 1 aromatic carbocycles. The second kappa shape index (κ2) is 5.92. The highest BCUT2D eigenvalue weighted by Crippen LogP contribution is 2.25. The summed E-state index contributed by atoms with van der Waals surface area (Å²) in [7, 11) is 0. The maximum atomic E-state index is 13.6. The van der Waals surface area contributed by atoms with E-state index in [-0.39, 0.29) is 18.2 Å². The first-order valence-electron chi connectivity index (χ1n) is 6.60. The minimum absolute atomic E-state index is 0.168. The Labute approximate surface area is 111 Å². The van der Waals surface area contributed by atoms with Crippen molar-refractivity contribution < 1.29 is 13.2 Å². The van der Waals surface area contributed by atoms with Crippen LogP contribution >= 0.6 is 0 Å². The molecule has 0 spiro atoms. The molecule has 0 radical (unpaired) electrons. The molecule has 5 heteroatoms. The number of halogens is 3.